The summed E-state index contributed by atoms with van der Waals surface area (Å²) >= 11 is 0. The molecule has 0 aliphatic heterocycles. The van der Waals surface area contributed by atoms with Crippen LogP contribution in [0.5, 0.6) is 5.75 Å². The molecule has 0 saturated heterocycles. The molecule has 1 heterocycles. The van der Waals surface area contributed by atoms with E-state index in [0.29, 0.717) is 13.2 Å². The van der Waals surface area contributed by atoms with Crippen LogP contribution in [-0.4, -0.2) is 23.7 Å². The Labute approximate surface area is 128 Å². The molecular weight excluding hydrogens is 286 g/mol. The number of nitro benzene ring substituents is 1. The average molecular weight is 305 g/mol. The van der Waals surface area contributed by atoms with Crippen LogP contribution in [0.3, 0.4) is 0 Å². The lowest BCUT2D eigenvalue weighted by molar-refractivity contribution is -0.385. The van der Waals surface area contributed by atoms with Crippen LogP contribution < -0.4 is 9.64 Å². The maximum absolute atomic E-state index is 11.0. The molecule has 1 aromatic heterocycles. The molecule has 0 bridgehead atoms. The Hall–Kier alpha value is -2.57. The first kappa shape index (κ1) is 15.8. The second-order valence-electron chi connectivity index (χ2n) is 4.84. The molecule has 0 unspecified atom stereocenters. The number of ether oxygens (including phenoxy) is 1. The van der Waals surface area contributed by atoms with Crippen molar-refractivity contribution in [1.29, 1.82) is 0 Å². The van der Waals surface area contributed by atoms with Crippen LogP contribution in [0.2, 0.25) is 0 Å². The average Bonchev–Trinajstić information content (AvgIpc) is 2.94. The third-order valence-electron chi connectivity index (χ3n) is 3.35. The van der Waals surface area contributed by atoms with Crippen molar-refractivity contribution < 1.29 is 14.2 Å². The van der Waals surface area contributed by atoms with Crippen LogP contribution in [0.25, 0.3) is 0 Å². The zero-order valence-corrected chi connectivity index (χ0v) is 12.9. The van der Waals surface area contributed by atoms with Crippen molar-refractivity contribution in [3.05, 3.63) is 45.8 Å². The minimum absolute atomic E-state index is 0.0294. The Morgan fingerprint density at radius 3 is 2.82 bits per heavy atom. The first-order valence-electron chi connectivity index (χ1n) is 7.11. The van der Waals surface area contributed by atoms with Gasteiger partial charge in [0.2, 0.25) is 0 Å². The lowest BCUT2D eigenvalue weighted by Crippen LogP contribution is -2.17. The minimum Gasteiger partial charge on any atom is -0.487 e. The highest BCUT2D eigenvalue weighted by molar-refractivity contribution is 5.59. The van der Waals surface area contributed by atoms with Gasteiger partial charge in [0.25, 0.3) is 0 Å². The van der Waals surface area contributed by atoms with Gasteiger partial charge in [-0.25, -0.2) is 0 Å². The van der Waals surface area contributed by atoms with Crippen LogP contribution in [-0.2, 0) is 13.0 Å². The molecule has 0 radical (unpaired) electrons. The molecule has 0 aliphatic carbocycles. The predicted octanol–water partition coefficient (Wildman–Crippen LogP) is 3.18. The number of rotatable bonds is 7. The quantitative estimate of drug-likeness (QED) is 0.577. The molecule has 22 heavy (non-hydrogen) atoms. The van der Waals surface area contributed by atoms with Crippen molar-refractivity contribution in [2.75, 3.05) is 18.6 Å². The summed E-state index contributed by atoms with van der Waals surface area (Å²) in [7, 11) is 1.91. The first-order chi connectivity index (χ1) is 10.6. The predicted molar refractivity (Wildman–Crippen MR) is 82.3 cm³/mol. The molecule has 7 nitrogen and oxygen atoms in total. The van der Waals surface area contributed by atoms with Crippen molar-refractivity contribution in [3.8, 4) is 5.75 Å². The van der Waals surface area contributed by atoms with E-state index in [1.807, 2.05) is 18.9 Å². The lowest BCUT2D eigenvalue weighted by atomic mass is 10.2. The van der Waals surface area contributed by atoms with Gasteiger partial charge in [0.05, 0.1) is 17.2 Å². The second kappa shape index (κ2) is 6.93. The fourth-order valence-electron chi connectivity index (χ4n) is 2.21. The van der Waals surface area contributed by atoms with E-state index < -0.39 is 4.92 Å². The van der Waals surface area contributed by atoms with Gasteiger partial charge >= 0.3 is 5.69 Å². The van der Waals surface area contributed by atoms with Gasteiger partial charge in [0.15, 0.2) is 5.75 Å². The fraction of sp³-hybridized carbons (Fsp3) is 0.400. The van der Waals surface area contributed by atoms with E-state index in [4.69, 9.17) is 9.26 Å². The van der Waals surface area contributed by atoms with E-state index in [2.05, 4.69) is 5.16 Å². The van der Waals surface area contributed by atoms with Crippen LogP contribution >= 0.6 is 0 Å². The molecule has 0 atom stereocenters. The Kier molecular flexibility index (Phi) is 4.98. The number of hydrogen-bond acceptors (Lipinski definition) is 6. The monoisotopic (exact) mass is 305 g/mol. The Morgan fingerprint density at radius 1 is 1.41 bits per heavy atom. The smallest absolute Gasteiger partial charge is 0.311 e. The molecule has 118 valence electrons. The van der Waals surface area contributed by atoms with Crippen LogP contribution in [0.1, 0.15) is 25.1 Å². The second-order valence-corrected chi connectivity index (χ2v) is 4.84. The molecular formula is C15H19N3O4. The van der Waals surface area contributed by atoms with Gasteiger partial charge in [0, 0.05) is 37.0 Å². The highest BCUT2D eigenvalue weighted by atomic mass is 16.6. The Morgan fingerprint density at radius 2 is 2.18 bits per heavy atom. The molecule has 0 N–H and O–H groups in total. The van der Waals surface area contributed by atoms with Crippen molar-refractivity contribution in [2.45, 2.75) is 26.8 Å². The lowest BCUT2D eigenvalue weighted by Gasteiger charge is -2.19. The summed E-state index contributed by atoms with van der Waals surface area (Å²) in [4.78, 5) is 12.5. The maximum Gasteiger partial charge on any atom is 0.311 e. The topological polar surface area (TPSA) is 81.6 Å². The molecule has 0 spiro atoms. The molecule has 0 aliphatic rings. The standard InChI is InChI=1S/C15H19N3O4/c1-4-13-11(10-22-16-13)9-17(3)12-6-7-14(18(19)20)15(8-12)21-5-2/h6-8,10H,4-5,9H2,1-3H3. The zero-order valence-electron chi connectivity index (χ0n) is 12.9. The summed E-state index contributed by atoms with van der Waals surface area (Å²) in [5.74, 6) is 0.276. The normalized spacial score (nSPS) is 10.5. The summed E-state index contributed by atoms with van der Waals surface area (Å²) in [5.41, 5.74) is 2.72. The number of aryl methyl sites for hydroxylation is 1. The number of benzene rings is 1. The maximum atomic E-state index is 11.0. The van der Waals surface area contributed by atoms with Gasteiger partial charge in [-0.05, 0) is 19.4 Å². The fourth-order valence-corrected chi connectivity index (χ4v) is 2.21. The number of hydrogen-bond donors (Lipinski definition) is 0. The van der Waals surface area contributed by atoms with Crippen molar-refractivity contribution in [1.82, 2.24) is 5.16 Å². The van der Waals surface area contributed by atoms with E-state index >= 15 is 0 Å². The Balaban J connectivity index is 2.24. The van der Waals surface area contributed by atoms with Gasteiger partial charge in [-0.1, -0.05) is 12.1 Å². The molecule has 0 amide bonds. The third kappa shape index (κ3) is 3.36. The van der Waals surface area contributed by atoms with Crippen molar-refractivity contribution in [3.63, 3.8) is 0 Å². The largest absolute Gasteiger partial charge is 0.487 e. The van der Waals surface area contributed by atoms with Crippen molar-refractivity contribution >= 4 is 11.4 Å². The molecule has 0 saturated carbocycles. The van der Waals surface area contributed by atoms with Gasteiger partial charge in [-0.2, -0.15) is 0 Å². The summed E-state index contributed by atoms with van der Waals surface area (Å²) in [6, 6.07) is 4.85. The summed E-state index contributed by atoms with van der Waals surface area (Å²) in [6.45, 7) is 4.79. The third-order valence-corrected chi connectivity index (χ3v) is 3.35. The molecule has 0 fully saturated rings. The molecule has 2 rings (SSSR count). The van der Waals surface area contributed by atoms with E-state index in [1.165, 1.54) is 6.07 Å². The van der Waals surface area contributed by atoms with Gasteiger partial charge in [-0.3, -0.25) is 10.1 Å². The number of nitrogens with zero attached hydrogens (tertiary/aromatic N) is 3. The van der Waals surface area contributed by atoms with E-state index in [1.54, 1.807) is 25.3 Å². The SMILES string of the molecule is CCOc1cc(N(C)Cc2conc2CC)ccc1[N+](=O)[O-]. The summed E-state index contributed by atoms with van der Waals surface area (Å²) < 4.78 is 10.4. The van der Waals surface area contributed by atoms with Gasteiger partial charge < -0.3 is 14.2 Å². The highest BCUT2D eigenvalue weighted by Crippen LogP contribution is 2.32. The molecule has 2 aromatic rings. The molecule has 7 heteroatoms. The van der Waals surface area contributed by atoms with E-state index in [0.717, 1.165) is 23.4 Å². The van der Waals surface area contributed by atoms with Crippen LogP contribution in [0, 0.1) is 10.1 Å². The number of aromatic nitrogens is 1. The summed E-state index contributed by atoms with van der Waals surface area (Å²) in [5, 5.41) is 15.0. The molecule has 1 aromatic carbocycles. The van der Waals surface area contributed by atoms with E-state index in [9.17, 15) is 10.1 Å². The van der Waals surface area contributed by atoms with Gasteiger partial charge in [-0.15, -0.1) is 0 Å². The first-order valence-corrected chi connectivity index (χ1v) is 7.11. The Bertz CT molecular complexity index is 654. The highest BCUT2D eigenvalue weighted by Gasteiger charge is 2.17. The van der Waals surface area contributed by atoms with Gasteiger partial charge in [0.1, 0.15) is 6.26 Å². The van der Waals surface area contributed by atoms with Crippen molar-refractivity contribution in [2.24, 2.45) is 0 Å². The van der Waals surface area contributed by atoms with E-state index in [-0.39, 0.29) is 11.4 Å². The van der Waals surface area contributed by atoms with Crippen LogP contribution in [0.15, 0.2) is 29.0 Å². The van der Waals surface area contributed by atoms with Crippen LogP contribution in [0.4, 0.5) is 11.4 Å². The number of anilines is 1. The summed E-state index contributed by atoms with van der Waals surface area (Å²) in [6.07, 6.45) is 2.42. The number of nitro groups is 1. The zero-order chi connectivity index (χ0) is 16.1. The minimum atomic E-state index is -0.441.